The van der Waals surface area contributed by atoms with Crippen LogP contribution in [-0.2, 0) is 11.3 Å². The van der Waals surface area contributed by atoms with Crippen molar-refractivity contribution in [1.82, 2.24) is 34.3 Å². The molecule has 2 aliphatic rings. The standard InChI is InChI=1S/C46H55N9O5/c1-6-16-53(43(56)40(47)25(2)3)24-39-49-22-33(51-39)27-13-15-35-31(18-27)20-37-32-14-12-28(21-38(32)60-45(55(35)37)29-9-7-10-30(19-29)46(58)59)34-23-50-42(52-34)36-11-8-17-54(36)44(57)41(48)26(4)5/h7,9-10,12-15,18-23,25-26,36,40-41,43,45,56H,6,8,11,16-17,24,47-48H2,1-5H3,(H,49,51)(H,50,52)(H,58,59). The Kier molecular flexibility index (Phi) is 11.4. The third kappa shape index (κ3) is 7.71. The minimum absolute atomic E-state index is 0.0330. The number of nitrogens with one attached hydrogen (secondary N) is 2. The summed E-state index contributed by atoms with van der Waals surface area (Å²) >= 11 is 0. The minimum atomic E-state index is -1.02. The summed E-state index contributed by atoms with van der Waals surface area (Å²) in [5.41, 5.74) is 19.6. The Labute approximate surface area is 349 Å². The summed E-state index contributed by atoms with van der Waals surface area (Å²) in [5.74, 6) is 1.18. The normalized spacial score (nSPS) is 17.9. The minimum Gasteiger partial charge on any atom is -0.478 e. The highest BCUT2D eigenvalue weighted by Gasteiger charge is 2.36. The van der Waals surface area contributed by atoms with E-state index in [1.807, 2.05) is 74.0 Å². The first-order valence-corrected chi connectivity index (χ1v) is 21.0. The average molecular weight is 814 g/mol. The van der Waals surface area contributed by atoms with E-state index >= 15 is 0 Å². The topological polar surface area (TPSA) is 205 Å². The molecule has 0 aliphatic carbocycles. The van der Waals surface area contributed by atoms with Crippen LogP contribution < -0.4 is 16.2 Å². The fraction of sp³-hybridized carbons (Fsp3) is 0.391. The molecule has 14 heteroatoms. The quantitative estimate of drug-likeness (QED) is 0.0629. The van der Waals surface area contributed by atoms with E-state index in [0.717, 1.165) is 75.6 Å². The van der Waals surface area contributed by atoms with E-state index in [0.29, 0.717) is 30.9 Å². The van der Waals surface area contributed by atoms with Crippen LogP contribution in [0.5, 0.6) is 5.75 Å². The van der Waals surface area contributed by atoms with Crippen LogP contribution in [0.15, 0.2) is 79.1 Å². The first-order valence-electron chi connectivity index (χ1n) is 21.0. The summed E-state index contributed by atoms with van der Waals surface area (Å²) in [5, 5.41) is 21.9. The number of ether oxygens (including phenoxy) is 1. The molecular weight excluding hydrogens is 759 g/mol. The van der Waals surface area contributed by atoms with Gasteiger partial charge in [0.05, 0.1) is 59.2 Å². The van der Waals surface area contributed by atoms with E-state index < -0.39 is 24.5 Å². The highest BCUT2D eigenvalue weighted by Crippen LogP contribution is 2.46. The highest BCUT2D eigenvalue weighted by atomic mass is 16.5. The van der Waals surface area contributed by atoms with Crippen molar-refractivity contribution in [2.24, 2.45) is 23.3 Å². The predicted octanol–water partition coefficient (Wildman–Crippen LogP) is 6.89. The zero-order chi connectivity index (χ0) is 42.4. The summed E-state index contributed by atoms with van der Waals surface area (Å²) in [6.45, 7) is 11.8. The number of H-pyrrole nitrogens is 2. The van der Waals surface area contributed by atoms with Crippen molar-refractivity contribution in [1.29, 1.82) is 0 Å². The second-order valence-corrected chi connectivity index (χ2v) is 16.9. The lowest BCUT2D eigenvalue weighted by Crippen LogP contribution is -2.50. The van der Waals surface area contributed by atoms with Crippen molar-refractivity contribution in [3.8, 4) is 39.5 Å². The molecule has 5 atom stereocenters. The fourth-order valence-corrected chi connectivity index (χ4v) is 8.48. The summed E-state index contributed by atoms with van der Waals surface area (Å²) < 4.78 is 8.97. The second kappa shape index (κ2) is 16.7. The maximum atomic E-state index is 13.3. The highest BCUT2D eigenvalue weighted by molar-refractivity contribution is 5.93. The number of rotatable bonds is 14. The Morgan fingerprint density at radius 1 is 0.950 bits per heavy atom. The number of benzene rings is 3. The number of aromatic amines is 2. The molecule has 1 amide bonds. The number of carboxylic acid groups (broad SMARTS) is 1. The molecular formula is C46H55N9O5. The number of imidazole rings is 2. The molecule has 8 rings (SSSR count). The summed E-state index contributed by atoms with van der Waals surface area (Å²) in [7, 11) is 0. The van der Waals surface area contributed by atoms with E-state index in [-0.39, 0.29) is 35.4 Å². The SMILES string of the molecule is CCCN(Cc1ncc(-c2ccc3c(c2)cc2n3C(c3cccc(C(=O)O)c3)Oc3cc(-c4cnc(C5CCCN5C(=O)C(N)C(C)C)[nH]4)ccc3-2)[nH]1)C(O)C(N)C(C)C. The van der Waals surface area contributed by atoms with E-state index in [2.05, 4.69) is 44.6 Å². The Hall–Kier alpha value is -5.80. The Balaban J connectivity index is 1.13. The number of aromatic nitrogens is 5. The van der Waals surface area contributed by atoms with E-state index in [1.165, 1.54) is 0 Å². The van der Waals surface area contributed by atoms with E-state index in [1.54, 1.807) is 24.4 Å². The van der Waals surface area contributed by atoms with Gasteiger partial charge in [0.15, 0.2) is 0 Å². The molecule has 0 bridgehead atoms. The molecule has 0 spiro atoms. The van der Waals surface area contributed by atoms with Gasteiger partial charge in [0.25, 0.3) is 0 Å². The number of nitrogens with zero attached hydrogens (tertiary/aromatic N) is 5. The van der Waals surface area contributed by atoms with Crippen LogP contribution in [0.3, 0.4) is 0 Å². The number of carboxylic acids is 1. The average Bonchev–Trinajstić information content (AvgIpc) is 4.08. The molecule has 1 saturated heterocycles. The maximum Gasteiger partial charge on any atom is 0.335 e. The monoisotopic (exact) mass is 813 g/mol. The van der Waals surface area contributed by atoms with Gasteiger partial charge in [-0.15, -0.1) is 0 Å². The van der Waals surface area contributed by atoms with Crippen molar-refractivity contribution in [3.63, 3.8) is 0 Å². The van der Waals surface area contributed by atoms with Gasteiger partial charge in [0, 0.05) is 46.8 Å². The lowest BCUT2D eigenvalue weighted by Gasteiger charge is -2.32. The molecule has 0 radical (unpaired) electrons. The lowest BCUT2D eigenvalue weighted by atomic mass is 10.0. The van der Waals surface area contributed by atoms with E-state index in [4.69, 9.17) is 21.2 Å². The van der Waals surface area contributed by atoms with Crippen LogP contribution in [0, 0.1) is 11.8 Å². The molecule has 2 aliphatic heterocycles. The number of carbonyl (C=O) groups excluding carboxylic acids is 1. The zero-order valence-electron chi connectivity index (χ0n) is 34.8. The third-order valence-electron chi connectivity index (χ3n) is 12.0. The number of aromatic carboxylic acids is 1. The fourth-order valence-electron chi connectivity index (χ4n) is 8.48. The molecule has 6 aromatic rings. The number of aliphatic hydroxyl groups excluding tert-OH is 1. The molecule has 60 heavy (non-hydrogen) atoms. The molecule has 0 saturated carbocycles. The number of amides is 1. The van der Waals surface area contributed by atoms with Crippen molar-refractivity contribution in [2.45, 2.75) is 91.0 Å². The van der Waals surface area contributed by atoms with Crippen LogP contribution in [0.4, 0.5) is 0 Å². The molecule has 1 fully saturated rings. The van der Waals surface area contributed by atoms with Crippen LogP contribution in [0.25, 0.3) is 44.7 Å². The number of nitrogens with two attached hydrogens (primary N) is 2. The maximum absolute atomic E-state index is 13.3. The number of hydrogen-bond acceptors (Lipinski definition) is 9. The predicted molar refractivity (Wildman–Crippen MR) is 231 cm³/mol. The molecule has 8 N–H and O–H groups in total. The molecule has 14 nitrogen and oxygen atoms in total. The van der Waals surface area contributed by atoms with Crippen LogP contribution in [0.1, 0.15) is 93.7 Å². The van der Waals surface area contributed by atoms with Crippen molar-refractivity contribution in [3.05, 3.63) is 102 Å². The molecule has 314 valence electrons. The Bertz CT molecular complexity index is 2520. The van der Waals surface area contributed by atoms with Crippen LogP contribution in [-0.4, -0.2) is 87.8 Å². The van der Waals surface area contributed by atoms with Gasteiger partial charge in [0.2, 0.25) is 12.1 Å². The first kappa shape index (κ1) is 41.0. The number of fused-ring (bicyclic) bond motifs is 5. The molecule has 5 heterocycles. The van der Waals surface area contributed by atoms with Crippen molar-refractivity contribution < 1.29 is 24.5 Å². The largest absolute Gasteiger partial charge is 0.478 e. The van der Waals surface area contributed by atoms with Gasteiger partial charge in [-0.05, 0) is 73.6 Å². The van der Waals surface area contributed by atoms with Gasteiger partial charge in [-0.2, -0.15) is 0 Å². The van der Waals surface area contributed by atoms with E-state index in [9.17, 15) is 19.8 Å². The summed E-state index contributed by atoms with van der Waals surface area (Å²) in [6.07, 6.45) is 4.69. The lowest BCUT2D eigenvalue weighted by molar-refractivity contribution is -0.134. The van der Waals surface area contributed by atoms with Crippen molar-refractivity contribution in [2.75, 3.05) is 13.1 Å². The summed E-state index contributed by atoms with van der Waals surface area (Å²) in [6, 6.07) is 20.1. The zero-order valence-corrected chi connectivity index (χ0v) is 34.8. The first-order chi connectivity index (χ1) is 28.8. The van der Waals surface area contributed by atoms with Gasteiger partial charge in [0.1, 0.15) is 23.6 Å². The number of carbonyl (C=O) groups is 2. The van der Waals surface area contributed by atoms with Crippen LogP contribution in [0.2, 0.25) is 0 Å². The number of likely N-dealkylation sites (tertiary alicyclic amines) is 1. The second-order valence-electron chi connectivity index (χ2n) is 16.9. The summed E-state index contributed by atoms with van der Waals surface area (Å²) in [4.78, 5) is 45.6. The Morgan fingerprint density at radius 3 is 2.45 bits per heavy atom. The molecule has 3 aromatic carbocycles. The molecule has 5 unspecified atom stereocenters. The number of aliphatic hydroxyl groups is 1. The Morgan fingerprint density at radius 2 is 1.70 bits per heavy atom. The van der Waals surface area contributed by atoms with Gasteiger partial charge < -0.3 is 45.9 Å². The number of hydrogen-bond donors (Lipinski definition) is 6. The smallest absolute Gasteiger partial charge is 0.335 e. The van der Waals surface area contributed by atoms with Crippen molar-refractivity contribution >= 4 is 22.8 Å². The van der Waals surface area contributed by atoms with Gasteiger partial charge >= 0.3 is 5.97 Å². The van der Waals surface area contributed by atoms with Gasteiger partial charge in [-0.3, -0.25) is 9.69 Å². The third-order valence-corrected chi connectivity index (χ3v) is 12.0. The van der Waals surface area contributed by atoms with Gasteiger partial charge in [-0.1, -0.05) is 58.9 Å². The van der Waals surface area contributed by atoms with Gasteiger partial charge in [-0.25, -0.2) is 14.8 Å². The van der Waals surface area contributed by atoms with Crippen LogP contribution >= 0.6 is 0 Å². The molecule has 3 aromatic heterocycles.